The highest BCUT2D eigenvalue weighted by Gasteiger charge is 2.37. The van der Waals surface area contributed by atoms with Gasteiger partial charge in [0.05, 0.1) is 18.2 Å². The van der Waals surface area contributed by atoms with E-state index in [0.717, 1.165) is 12.5 Å². The first-order valence-corrected chi connectivity index (χ1v) is 12.0. The number of aromatic nitrogens is 1. The Bertz CT molecular complexity index is 1190. The zero-order chi connectivity index (χ0) is 23.8. The molecule has 0 aliphatic carbocycles. The molecule has 2 atom stereocenters. The van der Waals surface area contributed by atoms with Crippen molar-refractivity contribution in [3.63, 3.8) is 0 Å². The molecule has 2 N–H and O–H groups in total. The first-order valence-electron chi connectivity index (χ1n) is 10.7. The summed E-state index contributed by atoms with van der Waals surface area (Å²) in [5, 5.41) is 15.9. The molecule has 3 aliphatic heterocycles. The van der Waals surface area contributed by atoms with Crippen LogP contribution in [-0.2, 0) is 9.53 Å². The summed E-state index contributed by atoms with van der Waals surface area (Å²) in [6, 6.07) is 2.93. The van der Waals surface area contributed by atoms with Crippen molar-refractivity contribution in [1.29, 1.82) is 0 Å². The van der Waals surface area contributed by atoms with Crippen LogP contribution in [0.25, 0.3) is 0 Å². The number of aliphatic imine (C=N–C) groups is 1. The molecular weight excluding hydrogens is 485 g/mol. The Morgan fingerprint density at radius 1 is 1.38 bits per heavy atom. The third kappa shape index (κ3) is 4.38. The Hall–Kier alpha value is -3.02. The van der Waals surface area contributed by atoms with E-state index in [9.17, 15) is 19.1 Å². The van der Waals surface area contributed by atoms with E-state index in [4.69, 9.17) is 16.3 Å². The second-order valence-corrected chi connectivity index (χ2v) is 9.49. The third-order valence-electron chi connectivity index (χ3n) is 6.11. The molecule has 9 nitrogen and oxygen atoms in total. The summed E-state index contributed by atoms with van der Waals surface area (Å²) in [5.41, 5.74) is 0.901. The number of halogens is 2. The molecule has 1 aromatic carbocycles. The van der Waals surface area contributed by atoms with E-state index in [-0.39, 0.29) is 22.7 Å². The number of carbonyl (C=O) groups is 2. The number of ether oxygens (including phenoxy) is 1. The van der Waals surface area contributed by atoms with Gasteiger partial charge in [0.25, 0.3) is 0 Å². The molecule has 1 unspecified atom stereocenters. The molecule has 2 saturated heterocycles. The van der Waals surface area contributed by atoms with Crippen LogP contribution in [0.2, 0.25) is 5.02 Å². The van der Waals surface area contributed by atoms with Gasteiger partial charge in [0.1, 0.15) is 11.9 Å². The molecule has 178 valence electrons. The summed E-state index contributed by atoms with van der Waals surface area (Å²) in [7, 11) is 0. The topological polar surface area (TPSA) is 107 Å². The highest BCUT2D eigenvalue weighted by Crippen LogP contribution is 2.36. The van der Waals surface area contributed by atoms with Crippen LogP contribution in [0.15, 0.2) is 46.0 Å². The van der Waals surface area contributed by atoms with Gasteiger partial charge in [-0.05, 0) is 12.1 Å². The lowest BCUT2D eigenvalue weighted by atomic mass is 9.95. The number of amides is 1. The summed E-state index contributed by atoms with van der Waals surface area (Å²) >= 11 is 7.68. The van der Waals surface area contributed by atoms with E-state index < -0.39 is 17.8 Å². The number of carboxylic acid groups (broad SMARTS) is 1. The molecule has 0 spiro atoms. The van der Waals surface area contributed by atoms with Crippen LogP contribution in [0.5, 0.6) is 0 Å². The number of fused-ring (bicyclic) bond motifs is 1. The Kier molecular flexibility index (Phi) is 6.24. The molecule has 5 rings (SSSR count). The molecule has 1 aromatic heterocycles. The average molecular weight is 506 g/mol. The van der Waals surface area contributed by atoms with Crippen molar-refractivity contribution in [2.45, 2.75) is 18.5 Å². The summed E-state index contributed by atoms with van der Waals surface area (Å²) in [4.78, 5) is 37.2. The van der Waals surface area contributed by atoms with Crippen LogP contribution < -0.4 is 5.32 Å². The minimum absolute atomic E-state index is 0.0157. The summed E-state index contributed by atoms with van der Waals surface area (Å²) in [5.74, 6) is -1.23. The van der Waals surface area contributed by atoms with Crippen molar-refractivity contribution in [2.75, 3.05) is 32.8 Å². The fraction of sp³-hybridized carbons (Fsp3) is 0.364. The van der Waals surface area contributed by atoms with E-state index in [1.165, 1.54) is 23.5 Å². The number of thiazole rings is 1. The van der Waals surface area contributed by atoms with Gasteiger partial charge in [0.2, 0.25) is 0 Å². The SMILES string of the molecule is O=C(O)C1=C(CN2CCN3C(=O)OCCC3C2)NC(c2nccs2)=N[C@H]1c1ccc(F)cc1Cl. The summed E-state index contributed by atoms with van der Waals surface area (Å²) in [6.45, 7) is 2.34. The zero-order valence-electron chi connectivity index (χ0n) is 17.9. The Morgan fingerprint density at radius 3 is 2.97 bits per heavy atom. The van der Waals surface area contributed by atoms with Crippen LogP contribution in [0.4, 0.5) is 9.18 Å². The van der Waals surface area contributed by atoms with Gasteiger partial charge in [0.15, 0.2) is 10.8 Å². The van der Waals surface area contributed by atoms with Crippen LogP contribution in [-0.4, -0.2) is 76.6 Å². The normalized spacial score (nSPS) is 23.2. The Labute approximate surface area is 203 Å². The Morgan fingerprint density at radius 2 is 2.24 bits per heavy atom. The largest absolute Gasteiger partial charge is 0.478 e. The molecule has 1 amide bonds. The molecule has 12 heteroatoms. The first-order chi connectivity index (χ1) is 16.4. The maximum atomic E-state index is 13.7. The molecule has 2 fully saturated rings. The lowest BCUT2D eigenvalue weighted by Crippen LogP contribution is -2.58. The molecule has 34 heavy (non-hydrogen) atoms. The second kappa shape index (κ2) is 9.32. The lowest BCUT2D eigenvalue weighted by Gasteiger charge is -2.43. The van der Waals surface area contributed by atoms with E-state index in [0.29, 0.717) is 54.9 Å². The number of piperazine rings is 1. The van der Waals surface area contributed by atoms with Gasteiger partial charge in [-0.2, -0.15) is 0 Å². The number of hydrogen-bond donors (Lipinski definition) is 2. The smallest absolute Gasteiger partial charge is 0.410 e. The molecule has 2 aromatic rings. The number of aliphatic carboxylic acids is 1. The lowest BCUT2D eigenvalue weighted by molar-refractivity contribution is -0.133. The van der Waals surface area contributed by atoms with E-state index in [1.807, 2.05) is 0 Å². The van der Waals surface area contributed by atoms with Gasteiger partial charge in [-0.25, -0.2) is 19.0 Å². The van der Waals surface area contributed by atoms with Crippen molar-refractivity contribution in [3.05, 3.63) is 62.5 Å². The monoisotopic (exact) mass is 505 g/mol. The molecule has 3 aliphatic rings. The van der Waals surface area contributed by atoms with Gasteiger partial charge in [-0.15, -0.1) is 11.3 Å². The van der Waals surface area contributed by atoms with Crippen LogP contribution >= 0.6 is 22.9 Å². The van der Waals surface area contributed by atoms with E-state index in [2.05, 4.69) is 20.2 Å². The highest BCUT2D eigenvalue weighted by molar-refractivity contribution is 7.11. The van der Waals surface area contributed by atoms with E-state index >= 15 is 0 Å². The maximum absolute atomic E-state index is 13.7. The second-order valence-electron chi connectivity index (χ2n) is 8.19. The number of cyclic esters (lactones) is 1. The number of amidine groups is 1. The fourth-order valence-corrected chi connectivity index (χ4v) is 5.37. The summed E-state index contributed by atoms with van der Waals surface area (Å²) in [6.07, 6.45) is 2.06. The number of carbonyl (C=O) groups excluding carboxylic acids is 1. The van der Waals surface area contributed by atoms with Gasteiger partial charge >= 0.3 is 12.1 Å². The fourth-order valence-electron chi connectivity index (χ4n) is 4.51. The van der Waals surface area contributed by atoms with Crippen molar-refractivity contribution < 1.29 is 23.8 Å². The van der Waals surface area contributed by atoms with Crippen molar-refractivity contribution in [2.24, 2.45) is 4.99 Å². The first kappa shape index (κ1) is 22.8. The quantitative estimate of drug-likeness (QED) is 0.643. The minimum Gasteiger partial charge on any atom is -0.478 e. The summed E-state index contributed by atoms with van der Waals surface area (Å²) < 4.78 is 18.8. The van der Waals surface area contributed by atoms with Crippen molar-refractivity contribution in [1.82, 2.24) is 20.1 Å². The number of nitrogens with one attached hydrogen (secondary N) is 1. The number of rotatable bonds is 5. The number of nitrogens with zero attached hydrogens (tertiary/aromatic N) is 4. The van der Waals surface area contributed by atoms with Gasteiger partial charge in [0, 0.05) is 60.5 Å². The molecule has 0 radical (unpaired) electrons. The Balaban J connectivity index is 1.50. The van der Waals surface area contributed by atoms with Crippen molar-refractivity contribution in [3.8, 4) is 0 Å². The molecule has 0 bridgehead atoms. The van der Waals surface area contributed by atoms with Crippen LogP contribution in [0, 0.1) is 5.82 Å². The zero-order valence-corrected chi connectivity index (χ0v) is 19.5. The predicted octanol–water partition coefficient (Wildman–Crippen LogP) is 2.89. The molecule has 0 saturated carbocycles. The number of hydrogen-bond acceptors (Lipinski definition) is 8. The van der Waals surface area contributed by atoms with Gasteiger partial charge in [-0.3, -0.25) is 9.89 Å². The van der Waals surface area contributed by atoms with Crippen LogP contribution in [0.3, 0.4) is 0 Å². The number of carboxylic acids is 1. The van der Waals surface area contributed by atoms with Crippen molar-refractivity contribution >= 4 is 40.8 Å². The third-order valence-corrected chi connectivity index (χ3v) is 7.22. The van der Waals surface area contributed by atoms with E-state index in [1.54, 1.807) is 16.5 Å². The van der Waals surface area contributed by atoms with Crippen LogP contribution in [0.1, 0.15) is 23.0 Å². The molecule has 4 heterocycles. The molecular formula is C22H21ClFN5O4S. The standard InChI is InChI=1S/C22H21ClFN5O4S/c23-15-9-12(24)1-2-14(15)18-17(21(30)31)16(26-19(27-18)20-25-4-8-34-20)11-28-5-6-29-13(10-28)3-7-33-22(29)32/h1-2,4,8-9,13,18H,3,5-7,10-11H2,(H,26,27)(H,30,31)/t13?,18-/m0/s1. The maximum Gasteiger partial charge on any atom is 0.410 e. The van der Waals surface area contributed by atoms with Gasteiger partial charge in [-0.1, -0.05) is 17.7 Å². The average Bonchev–Trinajstić information content (AvgIpc) is 3.34. The highest BCUT2D eigenvalue weighted by atomic mass is 35.5. The van der Waals surface area contributed by atoms with Gasteiger partial charge < -0.3 is 20.1 Å². The predicted molar refractivity (Wildman–Crippen MR) is 123 cm³/mol. The minimum atomic E-state index is -1.14. The number of benzene rings is 1.